The molecule has 0 unspecified atom stereocenters. The van der Waals surface area contributed by atoms with E-state index in [9.17, 15) is 13.2 Å². The van der Waals surface area contributed by atoms with E-state index in [0.717, 1.165) is 5.16 Å². The number of benzene rings is 1. The minimum Gasteiger partial charge on any atom is -0.329 e. The van der Waals surface area contributed by atoms with Gasteiger partial charge >= 0.3 is 0 Å². The zero-order valence-corrected chi connectivity index (χ0v) is 16.8. The van der Waals surface area contributed by atoms with Gasteiger partial charge in [0, 0.05) is 37.0 Å². The number of thioether (sulfide) groups is 1. The van der Waals surface area contributed by atoms with Gasteiger partial charge in [0.1, 0.15) is 0 Å². The van der Waals surface area contributed by atoms with E-state index in [1.807, 2.05) is 11.6 Å². The van der Waals surface area contributed by atoms with Crippen LogP contribution < -0.4 is 10.0 Å². The van der Waals surface area contributed by atoms with Crippen molar-refractivity contribution >= 4 is 39.3 Å². The summed E-state index contributed by atoms with van der Waals surface area (Å²) in [6, 6.07) is 7.52. The lowest BCUT2D eigenvalue weighted by Crippen LogP contribution is -2.16. The highest BCUT2D eigenvalue weighted by molar-refractivity contribution is 7.99. The van der Waals surface area contributed by atoms with Crippen LogP contribution in [-0.4, -0.2) is 39.6 Å². The van der Waals surface area contributed by atoms with Crippen LogP contribution in [-0.2, 0) is 21.9 Å². The van der Waals surface area contributed by atoms with Crippen LogP contribution in [0.25, 0.3) is 0 Å². The van der Waals surface area contributed by atoms with Gasteiger partial charge in [0.25, 0.3) is 10.0 Å². The van der Waals surface area contributed by atoms with Gasteiger partial charge in [-0.2, -0.15) is 0 Å². The summed E-state index contributed by atoms with van der Waals surface area (Å²) in [5.74, 6) is -0.0180. The Balaban J connectivity index is 1.60. The molecule has 3 rings (SSSR count). The highest BCUT2D eigenvalue weighted by Gasteiger charge is 2.16. The number of sulfonamides is 1. The average Bonchev–Trinajstić information content (AvgIpc) is 3.05. The number of imidazole rings is 1. The van der Waals surface area contributed by atoms with Gasteiger partial charge in [-0.15, -0.1) is 0 Å². The number of aryl methyl sites for hydroxylation is 2. The van der Waals surface area contributed by atoms with Crippen molar-refractivity contribution in [2.45, 2.75) is 17.0 Å². The first kappa shape index (κ1) is 19.8. The van der Waals surface area contributed by atoms with E-state index in [1.165, 1.54) is 42.2 Å². The Hall–Kier alpha value is -2.92. The molecule has 2 heterocycles. The van der Waals surface area contributed by atoms with E-state index in [0.29, 0.717) is 11.4 Å². The molecule has 0 spiro atoms. The van der Waals surface area contributed by atoms with Gasteiger partial charge in [-0.3, -0.25) is 4.79 Å². The summed E-state index contributed by atoms with van der Waals surface area (Å²) in [4.78, 5) is 24.1. The standard InChI is InChI=1S/C17H18N6O3S2/c1-12-7-8-18-16(20-12)22-28(25,26)14-5-3-13(4-6-14)21-15(24)11-27-17-19-9-10-23(17)2/h3-10H,11H2,1-2H3,(H,21,24)(H,18,20,22). The van der Waals surface area contributed by atoms with E-state index >= 15 is 0 Å². The number of nitrogens with one attached hydrogen (secondary N) is 2. The van der Waals surface area contributed by atoms with Gasteiger partial charge in [-0.1, -0.05) is 11.8 Å². The number of amides is 1. The molecule has 146 valence electrons. The molecule has 1 amide bonds. The highest BCUT2D eigenvalue weighted by atomic mass is 32.2. The largest absolute Gasteiger partial charge is 0.329 e. The Labute approximate surface area is 166 Å². The van der Waals surface area contributed by atoms with Crippen LogP contribution in [0, 0.1) is 6.92 Å². The summed E-state index contributed by atoms with van der Waals surface area (Å²) >= 11 is 1.31. The van der Waals surface area contributed by atoms with Crippen LogP contribution >= 0.6 is 11.8 Å². The number of anilines is 2. The molecule has 0 saturated heterocycles. The molecular formula is C17H18N6O3S2. The quantitative estimate of drug-likeness (QED) is 0.564. The molecule has 0 fully saturated rings. The van der Waals surface area contributed by atoms with Gasteiger partial charge < -0.3 is 9.88 Å². The van der Waals surface area contributed by atoms with Crippen LogP contribution in [0.1, 0.15) is 5.69 Å². The molecule has 2 aromatic heterocycles. The molecular weight excluding hydrogens is 400 g/mol. The molecule has 1 aromatic carbocycles. The number of aromatic nitrogens is 4. The molecule has 28 heavy (non-hydrogen) atoms. The van der Waals surface area contributed by atoms with Crippen molar-refractivity contribution in [1.82, 2.24) is 19.5 Å². The molecule has 11 heteroatoms. The first-order valence-corrected chi connectivity index (χ1v) is 10.6. The lowest BCUT2D eigenvalue weighted by molar-refractivity contribution is -0.113. The van der Waals surface area contributed by atoms with Gasteiger partial charge in [-0.05, 0) is 37.3 Å². The van der Waals surface area contributed by atoms with E-state index < -0.39 is 10.0 Å². The van der Waals surface area contributed by atoms with E-state index in [-0.39, 0.29) is 22.5 Å². The fourth-order valence-electron chi connectivity index (χ4n) is 2.21. The lowest BCUT2D eigenvalue weighted by atomic mass is 10.3. The number of rotatable bonds is 7. The minimum absolute atomic E-state index is 0.00342. The third-order valence-electron chi connectivity index (χ3n) is 3.58. The van der Waals surface area contributed by atoms with Crippen molar-refractivity contribution in [3.8, 4) is 0 Å². The van der Waals surface area contributed by atoms with Crippen molar-refractivity contribution < 1.29 is 13.2 Å². The summed E-state index contributed by atoms with van der Waals surface area (Å²) in [5.41, 5.74) is 1.14. The SMILES string of the molecule is Cc1ccnc(NS(=O)(=O)c2ccc(NC(=O)CSc3nccn3C)cc2)n1. The Morgan fingerprint density at radius 2 is 1.89 bits per heavy atom. The first-order valence-electron chi connectivity index (χ1n) is 8.16. The second-order valence-electron chi connectivity index (χ2n) is 5.81. The number of carbonyl (C=O) groups is 1. The van der Waals surface area contributed by atoms with E-state index in [4.69, 9.17) is 0 Å². The van der Waals surface area contributed by atoms with Crippen LogP contribution in [0.5, 0.6) is 0 Å². The summed E-state index contributed by atoms with van der Waals surface area (Å²) in [6.07, 6.45) is 4.94. The van der Waals surface area contributed by atoms with E-state index in [2.05, 4.69) is 25.0 Å². The zero-order chi connectivity index (χ0) is 20.1. The third kappa shape index (κ3) is 5.08. The molecule has 0 saturated carbocycles. The lowest BCUT2D eigenvalue weighted by Gasteiger charge is -2.09. The predicted octanol–water partition coefficient (Wildman–Crippen LogP) is 2.05. The molecule has 2 N–H and O–H groups in total. The smallest absolute Gasteiger partial charge is 0.264 e. The maximum Gasteiger partial charge on any atom is 0.264 e. The van der Waals surface area contributed by atoms with Crippen molar-refractivity contribution in [1.29, 1.82) is 0 Å². The molecule has 0 aliphatic carbocycles. The number of hydrogen-bond acceptors (Lipinski definition) is 7. The summed E-state index contributed by atoms with van der Waals surface area (Å²) in [6.45, 7) is 1.74. The summed E-state index contributed by atoms with van der Waals surface area (Å²) < 4.78 is 29.0. The fraction of sp³-hybridized carbons (Fsp3) is 0.176. The monoisotopic (exact) mass is 418 g/mol. The Bertz CT molecular complexity index is 1080. The van der Waals surface area contributed by atoms with E-state index in [1.54, 1.807) is 25.4 Å². The van der Waals surface area contributed by atoms with Crippen molar-refractivity contribution in [3.63, 3.8) is 0 Å². The Morgan fingerprint density at radius 1 is 1.14 bits per heavy atom. The highest BCUT2D eigenvalue weighted by Crippen LogP contribution is 2.18. The third-order valence-corrected chi connectivity index (χ3v) is 5.98. The van der Waals surface area contributed by atoms with Crippen LogP contribution in [0.4, 0.5) is 11.6 Å². The summed E-state index contributed by atoms with van der Waals surface area (Å²) in [5, 5.41) is 3.46. The van der Waals surface area contributed by atoms with Crippen LogP contribution in [0.15, 0.2) is 59.0 Å². The normalized spacial score (nSPS) is 11.2. The van der Waals surface area contributed by atoms with Crippen molar-refractivity contribution in [2.75, 3.05) is 15.8 Å². The maximum absolute atomic E-state index is 12.4. The molecule has 0 aliphatic rings. The molecule has 0 atom stereocenters. The number of carbonyl (C=O) groups excluding carboxylic acids is 1. The molecule has 3 aromatic rings. The Kier molecular flexibility index (Phi) is 5.95. The fourth-order valence-corrected chi connectivity index (χ4v) is 3.90. The van der Waals surface area contributed by atoms with Gasteiger partial charge in [0.15, 0.2) is 5.16 Å². The summed E-state index contributed by atoms with van der Waals surface area (Å²) in [7, 11) is -1.97. The maximum atomic E-state index is 12.4. The predicted molar refractivity (Wildman–Crippen MR) is 107 cm³/mol. The number of nitrogens with zero attached hydrogens (tertiary/aromatic N) is 4. The zero-order valence-electron chi connectivity index (χ0n) is 15.2. The Morgan fingerprint density at radius 3 is 2.54 bits per heavy atom. The molecule has 0 aliphatic heterocycles. The second-order valence-corrected chi connectivity index (χ2v) is 8.43. The van der Waals surface area contributed by atoms with Gasteiger partial charge in [-0.25, -0.2) is 28.1 Å². The molecule has 0 bridgehead atoms. The second kappa shape index (κ2) is 8.40. The van der Waals surface area contributed by atoms with Crippen LogP contribution in [0.3, 0.4) is 0 Å². The minimum atomic E-state index is -3.82. The topological polar surface area (TPSA) is 119 Å². The van der Waals surface area contributed by atoms with Crippen molar-refractivity contribution in [2.24, 2.45) is 7.05 Å². The molecule has 0 radical (unpaired) electrons. The molecule has 9 nitrogen and oxygen atoms in total. The van der Waals surface area contributed by atoms with Gasteiger partial charge in [0.05, 0.1) is 10.6 Å². The van der Waals surface area contributed by atoms with Crippen molar-refractivity contribution in [3.05, 3.63) is 54.6 Å². The first-order chi connectivity index (χ1) is 13.3. The van der Waals surface area contributed by atoms with Crippen LogP contribution in [0.2, 0.25) is 0 Å². The van der Waals surface area contributed by atoms with Gasteiger partial charge in [0.2, 0.25) is 11.9 Å². The average molecular weight is 419 g/mol. The number of hydrogen-bond donors (Lipinski definition) is 2.